The second kappa shape index (κ2) is 6.02. The average molecular weight is 329 g/mol. The van der Waals surface area contributed by atoms with Crippen LogP contribution in [0.2, 0.25) is 0 Å². The van der Waals surface area contributed by atoms with Crippen molar-refractivity contribution in [3.8, 4) is 0 Å². The topological polar surface area (TPSA) is 76.5 Å². The van der Waals surface area contributed by atoms with Crippen LogP contribution >= 0.6 is 0 Å². The Morgan fingerprint density at radius 1 is 1.35 bits per heavy atom. The summed E-state index contributed by atoms with van der Waals surface area (Å²) in [6, 6.07) is 2.05. The smallest absolute Gasteiger partial charge is 0.417 e. The van der Waals surface area contributed by atoms with Crippen molar-refractivity contribution in [1.29, 1.82) is 0 Å². The van der Waals surface area contributed by atoms with Gasteiger partial charge < -0.3 is 9.84 Å². The van der Waals surface area contributed by atoms with Crippen LogP contribution in [0.5, 0.6) is 0 Å². The molecule has 0 aromatic carbocycles. The zero-order chi connectivity index (χ0) is 17.3. The first-order chi connectivity index (χ1) is 10.6. The number of aliphatic carboxylic acids is 1. The number of hydrogen-bond acceptors (Lipinski definition) is 4. The van der Waals surface area contributed by atoms with E-state index in [0.717, 1.165) is 12.5 Å². The van der Waals surface area contributed by atoms with Crippen molar-refractivity contribution in [1.82, 2.24) is 4.98 Å². The number of carboxylic acids is 1. The van der Waals surface area contributed by atoms with Crippen molar-refractivity contribution in [3.05, 3.63) is 41.7 Å². The van der Waals surface area contributed by atoms with E-state index in [0.29, 0.717) is 19.0 Å². The van der Waals surface area contributed by atoms with Crippen LogP contribution in [0.15, 0.2) is 30.5 Å². The molecule has 1 aliphatic rings. The third kappa shape index (κ3) is 3.69. The molecular formula is C15H14F3NO4. The molecule has 0 atom stereocenters. The standard InChI is InChI=1S/C15H14F3NO4/c1-9(7-12(20)21)13(22)23-14(5-2-6-14)11-4-3-10(8-19-11)15(16,17)18/h3-4,8H,1-2,5-7H2,(H,20,21). The Kier molecular flexibility index (Phi) is 4.44. The quantitative estimate of drug-likeness (QED) is 0.664. The summed E-state index contributed by atoms with van der Waals surface area (Å²) < 4.78 is 43.0. The molecule has 8 heteroatoms. The normalized spacial score (nSPS) is 16.3. The van der Waals surface area contributed by atoms with E-state index in [2.05, 4.69) is 11.6 Å². The maximum Gasteiger partial charge on any atom is 0.417 e. The highest BCUT2D eigenvalue weighted by Gasteiger charge is 2.44. The fraction of sp³-hybridized carbons (Fsp3) is 0.400. The van der Waals surface area contributed by atoms with Gasteiger partial charge in [0.05, 0.1) is 17.7 Å². The molecule has 0 radical (unpaired) electrons. The van der Waals surface area contributed by atoms with Gasteiger partial charge in [0.25, 0.3) is 0 Å². The monoisotopic (exact) mass is 329 g/mol. The van der Waals surface area contributed by atoms with Crippen LogP contribution < -0.4 is 0 Å². The number of esters is 1. The summed E-state index contributed by atoms with van der Waals surface area (Å²) in [7, 11) is 0. The maximum atomic E-state index is 12.6. The molecular weight excluding hydrogens is 315 g/mol. The first kappa shape index (κ1) is 17.0. The molecule has 1 saturated carbocycles. The Labute approximate surface area is 129 Å². The molecule has 0 unspecified atom stereocenters. The van der Waals surface area contributed by atoms with E-state index >= 15 is 0 Å². The molecule has 0 saturated heterocycles. The number of aromatic nitrogens is 1. The van der Waals surface area contributed by atoms with E-state index in [1.807, 2.05) is 0 Å². The minimum atomic E-state index is -4.50. The van der Waals surface area contributed by atoms with Crippen LogP contribution in [-0.2, 0) is 26.1 Å². The number of ether oxygens (including phenoxy) is 1. The Hall–Kier alpha value is -2.38. The third-order valence-electron chi connectivity index (χ3n) is 3.66. The number of rotatable bonds is 5. The lowest BCUT2D eigenvalue weighted by atomic mass is 9.77. The van der Waals surface area contributed by atoms with Gasteiger partial charge in [-0.1, -0.05) is 6.58 Å². The molecule has 1 aliphatic carbocycles. The summed E-state index contributed by atoms with van der Waals surface area (Å²) in [4.78, 5) is 26.2. The van der Waals surface area contributed by atoms with Crippen LogP contribution in [0, 0.1) is 0 Å². The Balaban J connectivity index is 2.16. The number of pyridine rings is 1. The van der Waals surface area contributed by atoms with Gasteiger partial charge in [0.2, 0.25) is 0 Å². The number of carbonyl (C=O) groups excluding carboxylic acids is 1. The van der Waals surface area contributed by atoms with Crippen LogP contribution in [0.4, 0.5) is 13.2 Å². The summed E-state index contributed by atoms with van der Waals surface area (Å²) >= 11 is 0. The lowest BCUT2D eigenvalue weighted by Gasteiger charge is -2.40. The summed E-state index contributed by atoms with van der Waals surface area (Å²) in [5.74, 6) is -2.10. The Morgan fingerprint density at radius 2 is 2.00 bits per heavy atom. The first-order valence-electron chi connectivity index (χ1n) is 6.81. The molecule has 1 N–H and O–H groups in total. The average Bonchev–Trinajstić information content (AvgIpc) is 2.41. The maximum absolute atomic E-state index is 12.6. The fourth-order valence-corrected chi connectivity index (χ4v) is 2.24. The van der Waals surface area contributed by atoms with Crippen LogP contribution in [0.25, 0.3) is 0 Å². The predicted octanol–water partition coefficient (Wildman–Crippen LogP) is 3.05. The molecule has 0 bridgehead atoms. The van der Waals surface area contributed by atoms with Crippen molar-refractivity contribution in [2.24, 2.45) is 0 Å². The van der Waals surface area contributed by atoms with E-state index in [1.54, 1.807) is 0 Å². The largest absolute Gasteiger partial charge is 0.481 e. The highest BCUT2D eigenvalue weighted by atomic mass is 19.4. The lowest BCUT2D eigenvalue weighted by Crippen LogP contribution is -2.40. The molecule has 1 aromatic heterocycles. The second-order valence-corrected chi connectivity index (χ2v) is 5.34. The van der Waals surface area contributed by atoms with Crippen molar-refractivity contribution in [2.45, 2.75) is 37.5 Å². The molecule has 1 aromatic rings. The number of halogens is 3. The molecule has 0 amide bonds. The van der Waals surface area contributed by atoms with Crippen molar-refractivity contribution in [3.63, 3.8) is 0 Å². The minimum absolute atomic E-state index is 0.216. The molecule has 0 aliphatic heterocycles. The zero-order valence-electron chi connectivity index (χ0n) is 12.0. The predicted molar refractivity (Wildman–Crippen MR) is 72.3 cm³/mol. The van der Waals surface area contributed by atoms with Gasteiger partial charge in [-0.2, -0.15) is 13.2 Å². The molecule has 5 nitrogen and oxygen atoms in total. The molecule has 1 fully saturated rings. The van der Waals surface area contributed by atoms with Crippen molar-refractivity contribution >= 4 is 11.9 Å². The van der Waals surface area contributed by atoms with Crippen LogP contribution in [-0.4, -0.2) is 22.0 Å². The SMILES string of the molecule is C=C(CC(=O)O)C(=O)OC1(c2ccc(C(F)(F)F)cn2)CCC1. The highest BCUT2D eigenvalue weighted by molar-refractivity contribution is 5.93. The number of carboxylic acid groups (broad SMARTS) is 1. The molecule has 2 rings (SSSR count). The lowest BCUT2D eigenvalue weighted by molar-refractivity contribution is -0.168. The summed E-state index contributed by atoms with van der Waals surface area (Å²) in [5.41, 5.74) is -2.01. The zero-order valence-corrected chi connectivity index (χ0v) is 12.0. The minimum Gasteiger partial charge on any atom is -0.481 e. The Bertz CT molecular complexity index is 633. The van der Waals surface area contributed by atoms with Gasteiger partial charge in [-0.05, 0) is 31.4 Å². The van der Waals surface area contributed by atoms with Gasteiger partial charge in [0.1, 0.15) is 0 Å². The number of hydrogen-bond donors (Lipinski definition) is 1. The van der Waals surface area contributed by atoms with E-state index < -0.39 is 35.7 Å². The molecule has 23 heavy (non-hydrogen) atoms. The van der Waals surface area contributed by atoms with E-state index in [1.165, 1.54) is 6.07 Å². The molecule has 0 spiro atoms. The number of alkyl halides is 3. The van der Waals surface area contributed by atoms with Crippen molar-refractivity contribution in [2.75, 3.05) is 0 Å². The van der Waals surface area contributed by atoms with Crippen LogP contribution in [0.3, 0.4) is 0 Å². The summed E-state index contributed by atoms with van der Waals surface area (Å²) in [6.07, 6.45) is -2.81. The highest BCUT2D eigenvalue weighted by Crippen LogP contribution is 2.45. The van der Waals surface area contributed by atoms with Gasteiger partial charge in [-0.25, -0.2) is 4.79 Å². The third-order valence-corrected chi connectivity index (χ3v) is 3.66. The van der Waals surface area contributed by atoms with Crippen LogP contribution in [0.1, 0.15) is 36.9 Å². The molecule has 1 heterocycles. The fourth-order valence-electron chi connectivity index (χ4n) is 2.24. The van der Waals surface area contributed by atoms with Gasteiger partial charge in [0, 0.05) is 11.8 Å². The van der Waals surface area contributed by atoms with Gasteiger partial charge in [-0.3, -0.25) is 9.78 Å². The summed E-state index contributed by atoms with van der Waals surface area (Å²) in [5, 5.41) is 8.64. The van der Waals surface area contributed by atoms with E-state index in [-0.39, 0.29) is 11.3 Å². The first-order valence-corrected chi connectivity index (χ1v) is 6.81. The van der Waals surface area contributed by atoms with Crippen molar-refractivity contribution < 1.29 is 32.6 Å². The van der Waals surface area contributed by atoms with Gasteiger partial charge in [-0.15, -0.1) is 0 Å². The number of carbonyl (C=O) groups is 2. The van der Waals surface area contributed by atoms with Gasteiger partial charge in [0.15, 0.2) is 5.60 Å². The van der Waals surface area contributed by atoms with Gasteiger partial charge >= 0.3 is 18.1 Å². The molecule has 124 valence electrons. The van der Waals surface area contributed by atoms with E-state index in [9.17, 15) is 22.8 Å². The second-order valence-electron chi connectivity index (χ2n) is 5.34. The van der Waals surface area contributed by atoms with E-state index in [4.69, 9.17) is 9.84 Å². The Morgan fingerprint density at radius 3 is 2.39 bits per heavy atom. The number of nitrogens with zero attached hydrogens (tertiary/aromatic N) is 1. The summed E-state index contributed by atoms with van der Waals surface area (Å²) in [6.45, 7) is 3.35.